The molecule has 6 rings (SSSR count). The number of nitrogens with two attached hydrogens (primary N) is 1. The summed E-state index contributed by atoms with van der Waals surface area (Å²) in [6, 6.07) is 19.3. The van der Waals surface area contributed by atoms with Gasteiger partial charge in [-0.3, -0.25) is 0 Å². The van der Waals surface area contributed by atoms with Crippen molar-refractivity contribution in [1.29, 1.82) is 0 Å². The van der Waals surface area contributed by atoms with Crippen molar-refractivity contribution < 1.29 is 9.84 Å². The fourth-order valence-electron chi connectivity index (χ4n) is 5.28. The molecule has 174 valence electrons. The number of rotatable bonds is 5. The van der Waals surface area contributed by atoms with Crippen LogP contribution in [0.1, 0.15) is 19.8 Å². The van der Waals surface area contributed by atoms with Gasteiger partial charge in [0.1, 0.15) is 17.7 Å². The van der Waals surface area contributed by atoms with Crippen LogP contribution in [0, 0.1) is 0 Å². The van der Waals surface area contributed by atoms with Gasteiger partial charge >= 0.3 is 6.01 Å². The predicted molar refractivity (Wildman–Crippen MR) is 135 cm³/mol. The molecule has 2 saturated heterocycles. The van der Waals surface area contributed by atoms with E-state index in [-0.39, 0.29) is 11.9 Å². The smallest absolute Gasteiger partial charge is 0.319 e. The first-order chi connectivity index (χ1) is 16.6. The Bertz CT molecular complexity index is 1360. The third kappa shape index (κ3) is 3.81. The molecule has 2 bridgehead atoms. The minimum absolute atomic E-state index is 0.178. The van der Waals surface area contributed by atoms with Crippen LogP contribution >= 0.6 is 0 Å². The minimum atomic E-state index is -0.178. The van der Waals surface area contributed by atoms with E-state index in [1.165, 1.54) is 12.8 Å². The van der Waals surface area contributed by atoms with Crippen LogP contribution in [-0.2, 0) is 0 Å². The monoisotopic (exact) mass is 455 g/mol. The highest BCUT2D eigenvalue weighted by Gasteiger charge is 2.33. The number of phenolic OH excluding ortho intramolecular Hbond substituents is 1. The number of fused-ring (bicyclic) bond motifs is 4. The first-order valence-corrected chi connectivity index (χ1v) is 12.0. The Hall–Kier alpha value is -3.42. The first-order valence-electron chi connectivity index (χ1n) is 12.0. The quantitative estimate of drug-likeness (QED) is 0.421. The van der Waals surface area contributed by atoms with Gasteiger partial charge in [0.15, 0.2) is 0 Å². The van der Waals surface area contributed by atoms with E-state index in [9.17, 15) is 5.11 Å². The second-order valence-electron chi connectivity index (χ2n) is 9.48. The summed E-state index contributed by atoms with van der Waals surface area (Å²) in [6.45, 7) is 4.16. The van der Waals surface area contributed by atoms with Crippen molar-refractivity contribution in [2.45, 2.75) is 38.0 Å². The van der Waals surface area contributed by atoms with Gasteiger partial charge in [-0.15, -0.1) is 0 Å². The van der Waals surface area contributed by atoms with Crippen molar-refractivity contribution in [2.24, 2.45) is 5.73 Å². The Kier molecular flexibility index (Phi) is 5.23. The molecule has 1 unspecified atom stereocenters. The van der Waals surface area contributed by atoms with Gasteiger partial charge in [-0.1, -0.05) is 30.3 Å². The molecule has 7 heteroatoms. The fourth-order valence-corrected chi connectivity index (χ4v) is 5.28. The van der Waals surface area contributed by atoms with E-state index in [0.29, 0.717) is 24.6 Å². The van der Waals surface area contributed by atoms with Gasteiger partial charge < -0.3 is 25.8 Å². The summed E-state index contributed by atoms with van der Waals surface area (Å²) < 4.78 is 5.98. The number of aromatic nitrogens is 2. The number of piperazine rings is 1. The maximum Gasteiger partial charge on any atom is 0.319 e. The lowest BCUT2D eigenvalue weighted by Crippen LogP contribution is -2.51. The molecule has 1 aromatic heterocycles. The molecule has 2 aliphatic rings. The molecular weight excluding hydrogens is 426 g/mol. The van der Waals surface area contributed by atoms with Crippen molar-refractivity contribution >= 4 is 27.5 Å². The number of ether oxygens (including phenoxy) is 1. The van der Waals surface area contributed by atoms with Crippen LogP contribution in [0.3, 0.4) is 0 Å². The minimum Gasteiger partial charge on any atom is -0.508 e. The molecule has 4 aromatic rings. The van der Waals surface area contributed by atoms with Crippen LogP contribution in [0.25, 0.3) is 32.8 Å². The normalized spacial score (nSPS) is 20.7. The maximum atomic E-state index is 10.4. The SMILES string of the molecule is CC(CN)Oc1nc(N2C[C@H]3CC[C@@H](C2)N3)c2ccc(-c3cc(O)cc4ccccc34)cc2n1. The summed E-state index contributed by atoms with van der Waals surface area (Å²) in [5.41, 5.74) is 8.58. The molecule has 0 spiro atoms. The second-order valence-corrected chi connectivity index (χ2v) is 9.48. The number of hydrogen-bond acceptors (Lipinski definition) is 7. The van der Waals surface area contributed by atoms with Gasteiger partial charge in [0.25, 0.3) is 0 Å². The zero-order chi connectivity index (χ0) is 23.2. The average Bonchev–Trinajstić information content (AvgIpc) is 3.19. The Labute approximate surface area is 198 Å². The summed E-state index contributed by atoms with van der Waals surface area (Å²) >= 11 is 0. The molecule has 4 N–H and O–H groups in total. The molecule has 0 amide bonds. The van der Waals surface area contributed by atoms with E-state index in [0.717, 1.165) is 51.7 Å². The molecule has 3 heterocycles. The summed E-state index contributed by atoms with van der Waals surface area (Å²) in [6.07, 6.45) is 2.22. The number of benzene rings is 3. The van der Waals surface area contributed by atoms with Gasteiger partial charge in [-0.25, -0.2) is 0 Å². The highest BCUT2D eigenvalue weighted by atomic mass is 16.5. The van der Waals surface area contributed by atoms with E-state index >= 15 is 0 Å². The van der Waals surface area contributed by atoms with Crippen LogP contribution in [0.5, 0.6) is 11.8 Å². The summed E-state index contributed by atoms with van der Waals surface area (Å²) in [5.74, 6) is 1.16. The zero-order valence-corrected chi connectivity index (χ0v) is 19.2. The third-order valence-corrected chi connectivity index (χ3v) is 6.97. The van der Waals surface area contributed by atoms with Gasteiger partial charge in [0, 0.05) is 37.1 Å². The van der Waals surface area contributed by atoms with Gasteiger partial charge in [-0.2, -0.15) is 9.97 Å². The highest BCUT2D eigenvalue weighted by molar-refractivity contribution is 6.00. The lowest BCUT2D eigenvalue weighted by Gasteiger charge is -2.34. The molecule has 2 fully saturated rings. The number of nitrogens with one attached hydrogen (secondary N) is 1. The van der Waals surface area contributed by atoms with Crippen molar-refractivity contribution in [2.75, 3.05) is 24.5 Å². The summed E-state index contributed by atoms with van der Waals surface area (Å²) in [5, 5.41) is 17.1. The molecule has 2 aliphatic heterocycles. The van der Waals surface area contributed by atoms with Crippen LogP contribution in [0.15, 0.2) is 54.6 Å². The topological polar surface area (TPSA) is 96.5 Å². The molecule has 3 aromatic carbocycles. The zero-order valence-electron chi connectivity index (χ0n) is 19.2. The van der Waals surface area contributed by atoms with Crippen molar-refractivity contribution in [3.05, 3.63) is 54.6 Å². The van der Waals surface area contributed by atoms with Crippen LogP contribution < -0.4 is 20.7 Å². The van der Waals surface area contributed by atoms with Gasteiger partial charge in [-0.05, 0) is 65.9 Å². The van der Waals surface area contributed by atoms with Crippen LogP contribution in [0.2, 0.25) is 0 Å². The largest absolute Gasteiger partial charge is 0.508 e. The Morgan fingerprint density at radius 2 is 1.85 bits per heavy atom. The van der Waals surface area contributed by atoms with Gasteiger partial charge in [0.05, 0.1) is 5.52 Å². The van der Waals surface area contributed by atoms with Crippen molar-refractivity contribution in [1.82, 2.24) is 15.3 Å². The third-order valence-electron chi connectivity index (χ3n) is 6.97. The van der Waals surface area contributed by atoms with Crippen LogP contribution in [-0.4, -0.2) is 52.9 Å². The fraction of sp³-hybridized carbons (Fsp3) is 0.333. The maximum absolute atomic E-state index is 10.4. The van der Waals surface area contributed by atoms with Gasteiger partial charge in [0.2, 0.25) is 0 Å². The Balaban J connectivity index is 1.50. The first kappa shape index (κ1) is 21.1. The Morgan fingerprint density at radius 1 is 1.06 bits per heavy atom. The molecule has 0 aliphatic carbocycles. The van der Waals surface area contributed by atoms with E-state index in [4.69, 9.17) is 20.4 Å². The Morgan fingerprint density at radius 3 is 2.65 bits per heavy atom. The van der Waals surface area contributed by atoms with E-state index in [2.05, 4.69) is 34.5 Å². The lowest BCUT2D eigenvalue weighted by atomic mass is 9.97. The number of phenols is 1. The van der Waals surface area contributed by atoms with E-state index in [1.54, 1.807) is 6.07 Å². The molecular formula is C27H29N5O2. The summed E-state index contributed by atoms with van der Waals surface area (Å²) in [4.78, 5) is 12.0. The molecule has 7 nitrogen and oxygen atoms in total. The molecule has 34 heavy (non-hydrogen) atoms. The van der Waals surface area contributed by atoms with E-state index in [1.807, 2.05) is 31.2 Å². The van der Waals surface area contributed by atoms with Crippen molar-refractivity contribution in [3.8, 4) is 22.9 Å². The number of anilines is 1. The standard InChI is InChI=1S/C27H29N5O2/c1-16(13-28)34-27-30-25-11-18(24-12-21(33)10-17-4-2-3-5-22(17)24)6-9-23(25)26(31-27)32-14-19-7-8-20(15-32)29-19/h2-6,9-12,16,19-20,29,33H,7-8,13-15,28H2,1H3/t16?,19-,20+. The average molecular weight is 456 g/mol. The molecule has 0 saturated carbocycles. The molecule has 3 atom stereocenters. The highest BCUT2D eigenvalue weighted by Crippen LogP contribution is 2.36. The number of aromatic hydroxyl groups is 1. The summed E-state index contributed by atoms with van der Waals surface area (Å²) in [7, 11) is 0. The van der Waals surface area contributed by atoms with E-state index < -0.39 is 0 Å². The second kappa shape index (κ2) is 8.42. The number of nitrogens with zero attached hydrogens (tertiary/aromatic N) is 3. The predicted octanol–water partition coefficient (Wildman–Crippen LogP) is 3.82. The van der Waals surface area contributed by atoms with Crippen molar-refractivity contribution in [3.63, 3.8) is 0 Å². The number of hydrogen-bond donors (Lipinski definition) is 3. The molecule has 0 radical (unpaired) electrons. The van der Waals surface area contributed by atoms with Crippen LogP contribution in [0.4, 0.5) is 5.82 Å². The lowest BCUT2D eigenvalue weighted by molar-refractivity contribution is 0.211.